The predicted octanol–water partition coefficient (Wildman–Crippen LogP) is 6.75. The van der Waals surface area contributed by atoms with Crippen LogP contribution in [0.15, 0.2) is 97.1 Å². The van der Waals surface area contributed by atoms with Crippen LogP contribution in [0.25, 0.3) is 22.4 Å². The van der Waals surface area contributed by atoms with Crippen molar-refractivity contribution in [3.05, 3.63) is 108 Å². The normalized spacial score (nSPS) is 13.9. The van der Waals surface area contributed by atoms with Gasteiger partial charge in [0.1, 0.15) is 23.7 Å². The van der Waals surface area contributed by atoms with Crippen molar-refractivity contribution in [1.82, 2.24) is 19.8 Å². The molecule has 4 aromatic carbocycles. The van der Waals surface area contributed by atoms with E-state index >= 15 is 0 Å². The summed E-state index contributed by atoms with van der Waals surface area (Å²) in [6, 6.07) is 32.0. The lowest BCUT2D eigenvalue weighted by molar-refractivity contribution is 0.185. The number of carbonyl (C=O) groups excluding carboxylic acids is 1. The summed E-state index contributed by atoms with van der Waals surface area (Å²) in [7, 11) is 0. The average molecular weight is 647 g/mol. The maximum atomic E-state index is 12.9. The number of nitrogens with zero attached hydrogens (tertiary/aromatic N) is 4. The minimum atomic E-state index is -0.254. The number of H-pyrrole nitrogens is 1. The molecule has 5 aromatic rings. The highest BCUT2D eigenvalue weighted by Gasteiger charge is 2.21. The summed E-state index contributed by atoms with van der Waals surface area (Å²) in [5.74, 6) is 1.66. The van der Waals surface area contributed by atoms with Crippen LogP contribution in [0, 0.1) is 0 Å². The molecule has 2 heterocycles. The molecule has 0 spiro atoms. The number of benzene rings is 4. The third-order valence-corrected chi connectivity index (χ3v) is 8.88. The number of anilines is 2. The van der Waals surface area contributed by atoms with Crippen LogP contribution in [0.5, 0.6) is 5.75 Å². The van der Waals surface area contributed by atoms with Crippen LogP contribution < -0.4 is 15.0 Å². The molecule has 9 heteroatoms. The van der Waals surface area contributed by atoms with Crippen molar-refractivity contribution < 1.29 is 14.6 Å². The van der Waals surface area contributed by atoms with Gasteiger partial charge in [0.25, 0.3) is 0 Å². The third-order valence-electron chi connectivity index (χ3n) is 8.88. The zero-order chi connectivity index (χ0) is 33.5. The average Bonchev–Trinajstić information content (AvgIpc) is 3.54. The molecule has 6 rings (SSSR count). The Hall–Kier alpha value is -4.86. The van der Waals surface area contributed by atoms with Crippen LogP contribution in [0.4, 0.5) is 16.2 Å². The number of ether oxygens (including phenoxy) is 1. The Bertz CT molecular complexity index is 1770. The second-order valence-electron chi connectivity index (χ2n) is 13.3. The summed E-state index contributed by atoms with van der Waals surface area (Å²) in [6.45, 7) is 12.4. The van der Waals surface area contributed by atoms with Gasteiger partial charge in [-0.05, 0) is 52.9 Å². The van der Waals surface area contributed by atoms with Gasteiger partial charge in [-0.15, -0.1) is 0 Å². The number of nitrogens with one attached hydrogen (secondary N) is 2. The highest BCUT2D eigenvalue weighted by Crippen LogP contribution is 2.30. The molecule has 1 aliphatic rings. The lowest BCUT2D eigenvalue weighted by atomic mass is 9.87. The first kappa shape index (κ1) is 33.1. The number of rotatable bonds is 11. The number of hydrogen-bond acceptors (Lipinski definition) is 6. The molecule has 0 unspecified atom stereocenters. The maximum absolute atomic E-state index is 12.9. The number of aromatic amines is 1. The molecule has 9 nitrogen and oxygen atoms in total. The molecular weight excluding hydrogens is 600 g/mol. The van der Waals surface area contributed by atoms with Crippen LogP contribution in [0.1, 0.15) is 31.9 Å². The van der Waals surface area contributed by atoms with E-state index in [9.17, 15) is 9.90 Å². The van der Waals surface area contributed by atoms with E-state index in [2.05, 4.69) is 83.3 Å². The van der Waals surface area contributed by atoms with Gasteiger partial charge in [0.05, 0.1) is 17.8 Å². The topological polar surface area (TPSA) is 97.0 Å². The van der Waals surface area contributed by atoms with Crippen molar-refractivity contribution in [3.8, 4) is 17.1 Å². The van der Waals surface area contributed by atoms with Crippen molar-refractivity contribution in [3.63, 3.8) is 0 Å². The van der Waals surface area contributed by atoms with Gasteiger partial charge in [-0.2, -0.15) is 0 Å². The first-order valence-electron chi connectivity index (χ1n) is 16.8. The Labute approximate surface area is 283 Å². The molecule has 3 N–H and O–H groups in total. The van der Waals surface area contributed by atoms with Gasteiger partial charge in [-0.3, -0.25) is 4.90 Å². The number of aromatic nitrogens is 2. The Morgan fingerprint density at radius 3 is 2.33 bits per heavy atom. The second kappa shape index (κ2) is 14.9. The highest BCUT2D eigenvalue weighted by molar-refractivity contribution is 5.91. The predicted molar refractivity (Wildman–Crippen MR) is 194 cm³/mol. The summed E-state index contributed by atoms with van der Waals surface area (Å²) in [5.41, 5.74) is 7.45. The van der Waals surface area contributed by atoms with Crippen LogP contribution in [-0.4, -0.2) is 83.4 Å². The summed E-state index contributed by atoms with van der Waals surface area (Å²) in [5, 5.41) is 12.4. The zero-order valence-corrected chi connectivity index (χ0v) is 28.2. The third kappa shape index (κ3) is 8.16. The van der Waals surface area contributed by atoms with E-state index in [0.717, 1.165) is 66.5 Å². The van der Waals surface area contributed by atoms with E-state index in [1.165, 1.54) is 11.3 Å². The van der Waals surface area contributed by atoms with Crippen LogP contribution in [0.2, 0.25) is 0 Å². The van der Waals surface area contributed by atoms with E-state index in [1.807, 2.05) is 54.6 Å². The van der Waals surface area contributed by atoms with Crippen molar-refractivity contribution in [2.45, 2.75) is 32.7 Å². The SMILES string of the molecule is CC(C)(C)c1ccc(-c2nc3c(N4CCN(CCOc5ccc(NC(=O)N(CCO)Cc6ccccc6)cc5)CC4)cccc3[nH]2)cc1. The lowest BCUT2D eigenvalue weighted by Gasteiger charge is -2.36. The van der Waals surface area contributed by atoms with Crippen molar-refractivity contribution >= 4 is 28.4 Å². The van der Waals surface area contributed by atoms with Gasteiger partial charge in [-0.25, -0.2) is 9.78 Å². The number of para-hydroxylation sites is 1. The Balaban J connectivity index is 0.974. The highest BCUT2D eigenvalue weighted by atomic mass is 16.5. The minimum Gasteiger partial charge on any atom is -0.492 e. The molecule has 0 saturated carbocycles. The van der Waals surface area contributed by atoms with Crippen molar-refractivity contribution in [1.29, 1.82) is 0 Å². The van der Waals surface area contributed by atoms with Crippen LogP contribution >= 0.6 is 0 Å². The Morgan fingerprint density at radius 1 is 0.917 bits per heavy atom. The number of aliphatic hydroxyl groups is 1. The van der Waals surface area contributed by atoms with Gasteiger partial charge >= 0.3 is 6.03 Å². The number of fused-ring (bicyclic) bond motifs is 1. The quantitative estimate of drug-likeness (QED) is 0.147. The van der Waals surface area contributed by atoms with Gasteiger partial charge in [0.15, 0.2) is 0 Å². The van der Waals surface area contributed by atoms with Crippen molar-refractivity contribution in [2.75, 3.05) is 62.7 Å². The standard InChI is InChI=1S/C39H46N6O3/c1-39(2,3)31-14-12-30(13-15-31)37-41-34-10-7-11-35(36(34)42-37)44-22-20-43(21-23-44)25-27-48-33-18-16-32(17-19-33)40-38(47)45(24-26-46)28-29-8-5-4-6-9-29/h4-19,46H,20-28H2,1-3H3,(H,40,47)(H,41,42). The molecule has 1 aliphatic heterocycles. The summed E-state index contributed by atoms with van der Waals surface area (Å²) >= 11 is 0. The first-order chi connectivity index (χ1) is 23.3. The molecular formula is C39H46N6O3. The maximum Gasteiger partial charge on any atom is 0.322 e. The largest absolute Gasteiger partial charge is 0.492 e. The van der Waals surface area contributed by atoms with Gasteiger partial charge in [0, 0.05) is 57.1 Å². The number of amides is 2. The number of aliphatic hydroxyl groups excluding tert-OH is 1. The van der Waals surface area contributed by atoms with Crippen molar-refractivity contribution in [2.24, 2.45) is 0 Å². The van der Waals surface area contributed by atoms with Gasteiger partial charge in [-0.1, -0.05) is 81.4 Å². The molecule has 0 atom stereocenters. The smallest absolute Gasteiger partial charge is 0.322 e. The fourth-order valence-electron chi connectivity index (χ4n) is 6.06. The minimum absolute atomic E-state index is 0.101. The number of hydrogen-bond donors (Lipinski definition) is 3. The van der Waals surface area contributed by atoms with E-state index < -0.39 is 0 Å². The molecule has 1 saturated heterocycles. The zero-order valence-electron chi connectivity index (χ0n) is 28.2. The molecule has 48 heavy (non-hydrogen) atoms. The van der Waals surface area contributed by atoms with E-state index in [0.29, 0.717) is 18.8 Å². The fourth-order valence-corrected chi connectivity index (χ4v) is 6.06. The van der Waals surface area contributed by atoms with E-state index in [1.54, 1.807) is 4.90 Å². The first-order valence-corrected chi connectivity index (χ1v) is 16.8. The number of piperazine rings is 1. The molecule has 1 fully saturated rings. The molecule has 0 aliphatic carbocycles. The fraction of sp³-hybridized carbons (Fsp3) is 0.333. The molecule has 1 aromatic heterocycles. The van der Waals surface area contributed by atoms with Crippen LogP contribution in [0.3, 0.4) is 0 Å². The van der Waals surface area contributed by atoms with Gasteiger partial charge < -0.3 is 29.9 Å². The molecule has 0 bridgehead atoms. The number of carbonyl (C=O) groups is 1. The monoisotopic (exact) mass is 646 g/mol. The Kier molecular flexibility index (Phi) is 10.3. The number of urea groups is 1. The summed E-state index contributed by atoms with van der Waals surface area (Å²) in [6.07, 6.45) is 0. The molecule has 0 radical (unpaired) electrons. The number of imidazole rings is 1. The lowest BCUT2D eigenvalue weighted by Crippen LogP contribution is -2.47. The van der Waals surface area contributed by atoms with E-state index in [4.69, 9.17) is 9.72 Å². The summed E-state index contributed by atoms with van der Waals surface area (Å²) < 4.78 is 6.05. The molecule has 2 amide bonds. The van der Waals surface area contributed by atoms with E-state index in [-0.39, 0.29) is 24.6 Å². The van der Waals surface area contributed by atoms with Crippen LogP contribution in [-0.2, 0) is 12.0 Å². The Morgan fingerprint density at radius 2 is 1.65 bits per heavy atom. The second-order valence-corrected chi connectivity index (χ2v) is 13.3. The molecule has 250 valence electrons. The van der Waals surface area contributed by atoms with Gasteiger partial charge in [0.2, 0.25) is 0 Å². The summed E-state index contributed by atoms with van der Waals surface area (Å²) in [4.78, 5) is 27.9.